The highest BCUT2D eigenvalue weighted by atomic mass is 15.3. The Hall–Kier alpha value is -4.75. The van der Waals surface area contributed by atoms with Crippen LogP contribution in [0.1, 0.15) is 30.3 Å². The van der Waals surface area contributed by atoms with E-state index < -0.39 is 0 Å². The van der Waals surface area contributed by atoms with Crippen LogP contribution in [-0.4, -0.2) is 47.8 Å². The molecule has 4 aromatic heterocycles. The molecule has 1 saturated heterocycles. The first-order valence-corrected chi connectivity index (χ1v) is 10.4. The molecule has 10 nitrogen and oxygen atoms in total. The topological polar surface area (TPSA) is 136 Å². The number of hydrogen-bond donors (Lipinski definition) is 1. The van der Waals surface area contributed by atoms with Gasteiger partial charge in [-0.25, -0.2) is 19.9 Å². The van der Waals surface area contributed by atoms with E-state index in [2.05, 4.69) is 48.1 Å². The standard InChI is InChI=1S/C23H18N10/c1-2-17-11-27-23(19(9-25)31-17)32-8-5-15(12-32)20(3-6-24)33-13-16(10-30-33)21-18-4-7-26-22(18)29-14-28-21/h1,4,7,10-11,13-15,20H,3,5,8,12H2,(H,26,28,29). The SMILES string of the molecule is C#Cc1cnc(N2CCC(C(CC#N)n3cc(-c4ncnc5[nH]ccc45)cn3)C2)c(C#N)n1. The third-order valence-corrected chi connectivity index (χ3v) is 5.94. The number of nitrogens with zero attached hydrogens (tertiary/aromatic N) is 9. The van der Waals surface area contributed by atoms with Crippen molar-refractivity contribution in [2.45, 2.75) is 18.9 Å². The minimum atomic E-state index is -0.124. The molecule has 4 aromatic rings. The molecule has 5 rings (SSSR count). The van der Waals surface area contributed by atoms with E-state index in [9.17, 15) is 10.5 Å². The molecule has 0 bridgehead atoms. The van der Waals surface area contributed by atoms with Crippen molar-refractivity contribution in [3.8, 4) is 35.7 Å². The predicted octanol–water partition coefficient (Wildman–Crippen LogP) is 2.45. The summed E-state index contributed by atoms with van der Waals surface area (Å²) in [7, 11) is 0. The van der Waals surface area contributed by atoms with E-state index in [4.69, 9.17) is 6.42 Å². The maximum Gasteiger partial charge on any atom is 0.184 e. The minimum Gasteiger partial charge on any atom is -0.354 e. The summed E-state index contributed by atoms with van der Waals surface area (Å²) in [6.45, 7) is 1.34. The number of nitrogens with one attached hydrogen (secondary N) is 1. The average molecular weight is 434 g/mol. The lowest BCUT2D eigenvalue weighted by Gasteiger charge is -2.23. The molecule has 1 aliphatic rings. The van der Waals surface area contributed by atoms with E-state index in [0.29, 0.717) is 31.0 Å². The van der Waals surface area contributed by atoms with Crippen LogP contribution in [0, 0.1) is 40.9 Å². The number of aromatic nitrogens is 7. The summed E-state index contributed by atoms with van der Waals surface area (Å²) >= 11 is 0. The lowest BCUT2D eigenvalue weighted by Crippen LogP contribution is -2.26. The Balaban J connectivity index is 1.41. The molecule has 0 spiro atoms. The van der Waals surface area contributed by atoms with Gasteiger partial charge in [0.15, 0.2) is 11.5 Å². The second-order valence-corrected chi connectivity index (χ2v) is 7.78. The molecule has 1 fully saturated rings. The molecule has 1 N–H and O–H groups in total. The van der Waals surface area contributed by atoms with Crippen molar-refractivity contribution in [1.29, 1.82) is 10.5 Å². The van der Waals surface area contributed by atoms with Gasteiger partial charge < -0.3 is 9.88 Å². The molecule has 0 radical (unpaired) electrons. The van der Waals surface area contributed by atoms with Crippen molar-refractivity contribution < 1.29 is 0 Å². The molecule has 10 heteroatoms. The van der Waals surface area contributed by atoms with E-state index in [1.54, 1.807) is 6.20 Å². The number of anilines is 1. The highest BCUT2D eigenvalue weighted by Gasteiger charge is 2.33. The Morgan fingerprint density at radius 1 is 1.24 bits per heavy atom. The quantitative estimate of drug-likeness (QED) is 0.473. The molecule has 0 saturated carbocycles. The van der Waals surface area contributed by atoms with Crippen molar-refractivity contribution in [3.05, 3.63) is 48.6 Å². The van der Waals surface area contributed by atoms with Crippen LogP contribution >= 0.6 is 0 Å². The summed E-state index contributed by atoms with van der Waals surface area (Å²) < 4.78 is 1.85. The Bertz CT molecular complexity index is 1440. The Kier molecular flexibility index (Phi) is 5.14. The zero-order valence-electron chi connectivity index (χ0n) is 17.5. The number of terminal acetylenes is 1. The van der Waals surface area contributed by atoms with Crippen LogP contribution in [0.4, 0.5) is 5.82 Å². The van der Waals surface area contributed by atoms with E-state index in [1.807, 2.05) is 28.0 Å². The summed E-state index contributed by atoms with van der Waals surface area (Å²) in [5, 5.41) is 24.5. The molecule has 1 aliphatic heterocycles. The van der Waals surface area contributed by atoms with Crippen LogP contribution < -0.4 is 4.90 Å². The van der Waals surface area contributed by atoms with Gasteiger partial charge in [-0.05, 0) is 18.4 Å². The van der Waals surface area contributed by atoms with E-state index in [1.165, 1.54) is 12.5 Å². The van der Waals surface area contributed by atoms with Gasteiger partial charge in [0.1, 0.15) is 23.7 Å². The number of hydrogen-bond acceptors (Lipinski definition) is 8. The summed E-state index contributed by atoms with van der Waals surface area (Å²) in [4.78, 5) is 22.4. The van der Waals surface area contributed by atoms with Gasteiger partial charge in [0.25, 0.3) is 0 Å². The first-order chi connectivity index (χ1) is 16.2. The van der Waals surface area contributed by atoms with Crippen LogP contribution in [-0.2, 0) is 0 Å². The third kappa shape index (κ3) is 3.62. The number of H-pyrrole nitrogens is 1. The van der Waals surface area contributed by atoms with Gasteiger partial charge in [-0.15, -0.1) is 6.42 Å². The minimum absolute atomic E-state index is 0.124. The molecule has 2 unspecified atom stereocenters. The van der Waals surface area contributed by atoms with Gasteiger partial charge in [0.2, 0.25) is 0 Å². The molecule has 0 aromatic carbocycles. The molecule has 0 aliphatic carbocycles. The monoisotopic (exact) mass is 434 g/mol. The summed E-state index contributed by atoms with van der Waals surface area (Å²) in [6, 6.07) is 6.19. The highest BCUT2D eigenvalue weighted by Crippen LogP contribution is 2.34. The number of nitriles is 2. The van der Waals surface area contributed by atoms with E-state index in [-0.39, 0.29) is 17.7 Å². The fraction of sp³-hybridized carbons (Fsp3) is 0.261. The maximum atomic E-state index is 9.50. The second-order valence-electron chi connectivity index (χ2n) is 7.78. The largest absolute Gasteiger partial charge is 0.354 e. The third-order valence-electron chi connectivity index (χ3n) is 5.94. The first kappa shape index (κ1) is 20.2. The van der Waals surface area contributed by atoms with Crippen molar-refractivity contribution in [1.82, 2.24) is 34.7 Å². The summed E-state index contributed by atoms with van der Waals surface area (Å²) in [5.41, 5.74) is 2.96. The molecule has 33 heavy (non-hydrogen) atoms. The van der Waals surface area contributed by atoms with Gasteiger partial charge >= 0.3 is 0 Å². The molecule has 0 amide bonds. The van der Waals surface area contributed by atoms with Crippen molar-refractivity contribution in [2.24, 2.45) is 5.92 Å². The Morgan fingerprint density at radius 3 is 2.97 bits per heavy atom. The van der Waals surface area contributed by atoms with Gasteiger partial charge in [-0.2, -0.15) is 15.6 Å². The number of fused-ring (bicyclic) bond motifs is 1. The second kappa shape index (κ2) is 8.41. The van der Waals surface area contributed by atoms with Crippen molar-refractivity contribution in [2.75, 3.05) is 18.0 Å². The predicted molar refractivity (Wildman–Crippen MR) is 119 cm³/mol. The highest BCUT2D eigenvalue weighted by molar-refractivity contribution is 5.89. The van der Waals surface area contributed by atoms with Crippen LogP contribution in [0.3, 0.4) is 0 Å². The number of rotatable bonds is 5. The molecule has 160 valence electrons. The van der Waals surface area contributed by atoms with Gasteiger partial charge in [-0.1, -0.05) is 0 Å². The van der Waals surface area contributed by atoms with Crippen LogP contribution in [0.25, 0.3) is 22.3 Å². The summed E-state index contributed by atoms with van der Waals surface area (Å²) in [6.07, 6.45) is 15.1. The zero-order chi connectivity index (χ0) is 22.8. The average Bonchev–Trinajstić information content (AvgIpc) is 3.62. The fourth-order valence-corrected chi connectivity index (χ4v) is 4.37. The first-order valence-electron chi connectivity index (χ1n) is 10.4. The van der Waals surface area contributed by atoms with Crippen molar-refractivity contribution in [3.63, 3.8) is 0 Å². The van der Waals surface area contributed by atoms with Gasteiger partial charge in [-0.3, -0.25) is 4.68 Å². The van der Waals surface area contributed by atoms with Crippen molar-refractivity contribution >= 4 is 16.9 Å². The van der Waals surface area contributed by atoms with Crippen LogP contribution in [0.2, 0.25) is 0 Å². The smallest absolute Gasteiger partial charge is 0.184 e. The Labute approximate surface area is 189 Å². The van der Waals surface area contributed by atoms with E-state index >= 15 is 0 Å². The van der Waals surface area contributed by atoms with Crippen LogP contribution in [0.15, 0.2) is 37.2 Å². The molecular weight excluding hydrogens is 416 g/mol. The lowest BCUT2D eigenvalue weighted by atomic mass is 9.96. The number of aromatic amines is 1. The molecule has 5 heterocycles. The summed E-state index contributed by atoms with van der Waals surface area (Å²) in [5.74, 6) is 3.08. The lowest BCUT2D eigenvalue weighted by molar-refractivity contribution is 0.332. The van der Waals surface area contributed by atoms with Gasteiger partial charge in [0, 0.05) is 42.4 Å². The fourth-order valence-electron chi connectivity index (χ4n) is 4.37. The molecular formula is C23H18N10. The maximum absolute atomic E-state index is 9.50. The van der Waals surface area contributed by atoms with E-state index in [0.717, 1.165) is 28.7 Å². The molecule has 2 atom stereocenters. The van der Waals surface area contributed by atoms with Gasteiger partial charge in [0.05, 0.1) is 36.6 Å². The normalized spacial score (nSPS) is 16.3. The van der Waals surface area contributed by atoms with Crippen LogP contribution in [0.5, 0.6) is 0 Å². The Morgan fingerprint density at radius 2 is 2.15 bits per heavy atom. The zero-order valence-corrected chi connectivity index (χ0v) is 17.5.